The summed E-state index contributed by atoms with van der Waals surface area (Å²) in [6, 6.07) is 5.27. The van der Waals surface area contributed by atoms with Crippen molar-refractivity contribution in [2.75, 3.05) is 12.3 Å². The van der Waals surface area contributed by atoms with Crippen molar-refractivity contribution in [3.05, 3.63) is 33.1 Å². The van der Waals surface area contributed by atoms with Crippen molar-refractivity contribution in [1.29, 1.82) is 0 Å². The van der Waals surface area contributed by atoms with Gasteiger partial charge < -0.3 is 16.2 Å². The molecule has 1 amide bonds. The summed E-state index contributed by atoms with van der Waals surface area (Å²) in [6.07, 6.45) is 0. The Kier molecular flexibility index (Phi) is 4.49. The number of ether oxygens (including phenoxy) is 1. The Morgan fingerprint density at radius 1 is 1.29 bits per heavy atom. The number of rotatable bonds is 4. The minimum atomic E-state index is -0.617. The normalized spacial score (nSPS) is 11.0. The van der Waals surface area contributed by atoms with E-state index < -0.39 is 5.91 Å². The predicted molar refractivity (Wildman–Crippen MR) is 97.0 cm³/mol. The lowest BCUT2D eigenvalue weighted by Crippen LogP contribution is -2.10. The summed E-state index contributed by atoms with van der Waals surface area (Å²) in [4.78, 5) is 21.0. The monoisotopic (exact) mass is 382 g/mol. The average Bonchev–Trinajstić information content (AvgIpc) is 2.87. The maximum atomic E-state index is 11.6. The number of halogens is 2. The molecule has 0 saturated carbocycles. The van der Waals surface area contributed by atoms with Gasteiger partial charge in [-0.1, -0.05) is 29.3 Å². The molecule has 0 fully saturated rings. The molecule has 0 radical (unpaired) electrons. The van der Waals surface area contributed by atoms with Gasteiger partial charge >= 0.3 is 6.01 Å². The molecule has 124 valence electrons. The van der Waals surface area contributed by atoms with Crippen LogP contribution in [0, 0.1) is 0 Å². The van der Waals surface area contributed by atoms with Gasteiger partial charge in [0.1, 0.15) is 9.71 Å². The fraction of sp³-hybridized carbons (Fsp3) is 0.133. The van der Waals surface area contributed by atoms with Crippen molar-refractivity contribution in [1.82, 2.24) is 9.97 Å². The van der Waals surface area contributed by atoms with Crippen LogP contribution >= 0.6 is 34.5 Å². The van der Waals surface area contributed by atoms with Crippen molar-refractivity contribution in [3.8, 4) is 17.3 Å². The van der Waals surface area contributed by atoms with E-state index in [9.17, 15) is 4.79 Å². The van der Waals surface area contributed by atoms with Crippen molar-refractivity contribution < 1.29 is 9.53 Å². The van der Waals surface area contributed by atoms with Gasteiger partial charge in [-0.2, -0.15) is 9.97 Å². The zero-order chi connectivity index (χ0) is 17.4. The van der Waals surface area contributed by atoms with Crippen LogP contribution in [0.5, 0.6) is 6.01 Å². The molecule has 0 saturated heterocycles. The molecule has 0 unspecified atom stereocenters. The largest absolute Gasteiger partial charge is 0.464 e. The summed E-state index contributed by atoms with van der Waals surface area (Å²) in [5.41, 5.74) is 12.9. The highest BCUT2D eigenvalue weighted by Crippen LogP contribution is 2.40. The van der Waals surface area contributed by atoms with Crippen molar-refractivity contribution in [2.45, 2.75) is 6.92 Å². The Labute approximate surface area is 151 Å². The summed E-state index contributed by atoms with van der Waals surface area (Å²) in [6.45, 7) is 2.22. The Morgan fingerprint density at radius 2 is 2.04 bits per heavy atom. The number of hydrogen-bond donors (Lipinski definition) is 2. The van der Waals surface area contributed by atoms with E-state index in [-0.39, 0.29) is 16.6 Å². The van der Waals surface area contributed by atoms with Crippen LogP contribution in [-0.2, 0) is 0 Å². The molecule has 0 atom stereocenters. The fourth-order valence-corrected chi connectivity index (χ4v) is 3.47. The minimum Gasteiger partial charge on any atom is -0.464 e. The first kappa shape index (κ1) is 16.8. The highest BCUT2D eigenvalue weighted by molar-refractivity contribution is 7.21. The second-order valence-corrected chi connectivity index (χ2v) is 6.62. The predicted octanol–water partition coefficient (Wildman–Crippen LogP) is 3.74. The summed E-state index contributed by atoms with van der Waals surface area (Å²) in [5.74, 6) is -0.617. The number of nitrogen functional groups attached to an aromatic ring is 1. The van der Waals surface area contributed by atoms with Gasteiger partial charge in [0, 0.05) is 5.56 Å². The van der Waals surface area contributed by atoms with Crippen LogP contribution in [0.3, 0.4) is 0 Å². The van der Waals surface area contributed by atoms with Gasteiger partial charge in [-0.3, -0.25) is 4.79 Å². The zero-order valence-corrected chi connectivity index (χ0v) is 14.8. The smallest absolute Gasteiger partial charge is 0.318 e. The summed E-state index contributed by atoms with van der Waals surface area (Å²) >= 11 is 13.2. The SMILES string of the molecule is CCOc1nc(-c2ccc(Cl)c(Cl)c2)c2c(N)c(C(N)=O)sc2n1. The number of carbonyl (C=O) groups is 1. The van der Waals surface area contributed by atoms with Crippen LogP contribution in [0.15, 0.2) is 18.2 Å². The molecule has 3 aromatic rings. The first-order chi connectivity index (χ1) is 11.4. The van der Waals surface area contributed by atoms with E-state index >= 15 is 0 Å². The highest BCUT2D eigenvalue weighted by atomic mass is 35.5. The zero-order valence-electron chi connectivity index (χ0n) is 12.5. The van der Waals surface area contributed by atoms with E-state index in [1.807, 2.05) is 6.92 Å². The summed E-state index contributed by atoms with van der Waals surface area (Å²) < 4.78 is 5.41. The lowest BCUT2D eigenvalue weighted by Gasteiger charge is -2.08. The van der Waals surface area contributed by atoms with Crippen LogP contribution in [0.25, 0.3) is 21.5 Å². The second kappa shape index (κ2) is 6.43. The molecule has 9 heteroatoms. The molecule has 0 bridgehead atoms. The number of nitrogens with zero attached hydrogens (tertiary/aromatic N) is 2. The van der Waals surface area contributed by atoms with E-state index in [0.717, 1.165) is 11.3 Å². The van der Waals surface area contributed by atoms with Crippen LogP contribution in [0.1, 0.15) is 16.6 Å². The van der Waals surface area contributed by atoms with Crippen LogP contribution in [0.4, 0.5) is 5.69 Å². The number of thiophene rings is 1. The number of anilines is 1. The van der Waals surface area contributed by atoms with Crippen LogP contribution in [-0.4, -0.2) is 22.5 Å². The number of primary amides is 1. The van der Waals surface area contributed by atoms with Crippen molar-refractivity contribution in [2.24, 2.45) is 5.73 Å². The average molecular weight is 383 g/mol. The maximum Gasteiger partial charge on any atom is 0.318 e. The Balaban J connectivity index is 2.34. The van der Waals surface area contributed by atoms with E-state index in [0.29, 0.717) is 38.1 Å². The fourth-order valence-electron chi connectivity index (χ4n) is 2.23. The molecule has 2 aromatic heterocycles. The summed E-state index contributed by atoms with van der Waals surface area (Å²) in [7, 11) is 0. The molecule has 0 aliphatic heterocycles. The number of benzene rings is 1. The Morgan fingerprint density at radius 3 is 2.67 bits per heavy atom. The quantitative estimate of drug-likeness (QED) is 0.714. The molecule has 0 spiro atoms. The van der Waals surface area contributed by atoms with Crippen molar-refractivity contribution >= 4 is 56.3 Å². The van der Waals surface area contributed by atoms with Gasteiger partial charge in [-0.25, -0.2) is 0 Å². The topological polar surface area (TPSA) is 104 Å². The number of hydrogen-bond acceptors (Lipinski definition) is 6. The van der Waals surface area contributed by atoms with Gasteiger partial charge in [0.25, 0.3) is 5.91 Å². The number of nitrogens with two attached hydrogens (primary N) is 2. The van der Waals surface area contributed by atoms with E-state index in [1.54, 1.807) is 18.2 Å². The Bertz CT molecular complexity index is 958. The highest BCUT2D eigenvalue weighted by Gasteiger charge is 2.21. The molecule has 0 aliphatic carbocycles. The van der Waals surface area contributed by atoms with E-state index in [2.05, 4.69) is 9.97 Å². The van der Waals surface area contributed by atoms with Gasteiger partial charge in [-0.05, 0) is 19.1 Å². The lowest BCUT2D eigenvalue weighted by molar-refractivity contribution is 0.100. The van der Waals surface area contributed by atoms with Gasteiger partial charge in [0.05, 0.1) is 33.4 Å². The standard InChI is InChI=1S/C15H12Cl2N4O2S/c1-2-23-15-20-11(6-3-4-7(16)8(17)5-6)9-10(18)12(13(19)22)24-14(9)21-15/h3-5H,2,18H2,1H3,(H2,19,22). The van der Waals surface area contributed by atoms with Gasteiger partial charge in [0.2, 0.25) is 0 Å². The van der Waals surface area contributed by atoms with E-state index in [1.165, 1.54) is 0 Å². The molecule has 2 heterocycles. The molecule has 6 nitrogen and oxygen atoms in total. The van der Waals surface area contributed by atoms with Crippen LogP contribution < -0.4 is 16.2 Å². The number of amides is 1. The third kappa shape index (κ3) is 2.86. The first-order valence-corrected chi connectivity index (χ1v) is 8.47. The Hall–Kier alpha value is -2.09. The number of carbonyl (C=O) groups excluding carboxylic acids is 1. The second-order valence-electron chi connectivity index (χ2n) is 4.81. The van der Waals surface area contributed by atoms with Gasteiger partial charge in [-0.15, -0.1) is 11.3 Å². The molecule has 4 N–H and O–H groups in total. The van der Waals surface area contributed by atoms with Crippen molar-refractivity contribution in [3.63, 3.8) is 0 Å². The third-order valence-corrected chi connectivity index (χ3v) is 5.11. The molecule has 3 rings (SSSR count). The van der Waals surface area contributed by atoms with E-state index in [4.69, 9.17) is 39.4 Å². The van der Waals surface area contributed by atoms with Crippen LogP contribution in [0.2, 0.25) is 10.0 Å². The maximum absolute atomic E-state index is 11.6. The number of aromatic nitrogens is 2. The molecule has 0 aliphatic rings. The lowest BCUT2D eigenvalue weighted by atomic mass is 10.1. The summed E-state index contributed by atoms with van der Waals surface area (Å²) in [5, 5.41) is 1.34. The first-order valence-electron chi connectivity index (χ1n) is 6.90. The minimum absolute atomic E-state index is 0.184. The molecule has 1 aromatic carbocycles. The third-order valence-electron chi connectivity index (χ3n) is 3.26. The van der Waals surface area contributed by atoms with Gasteiger partial charge in [0.15, 0.2) is 0 Å². The molecular weight excluding hydrogens is 371 g/mol. The number of fused-ring (bicyclic) bond motifs is 1. The molecular formula is C15H12Cl2N4O2S. The molecule has 24 heavy (non-hydrogen) atoms.